The first-order chi connectivity index (χ1) is 7.65. The molecule has 1 aliphatic heterocycles. The Morgan fingerprint density at radius 1 is 1.44 bits per heavy atom. The van der Waals surface area contributed by atoms with E-state index in [2.05, 4.69) is 15.4 Å². The third-order valence-corrected chi connectivity index (χ3v) is 2.21. The molecule has 0 spiro atoms. The molecule has 2 rings (SSSR count). The van der Waals surface area contributed by atoms with E-state index in [9.17, 15) is 13.6 Å². The molecule has 86 valence electrons. The number of hydrogen-bond acceptors (Lipinski definition) is 3. The molecule has 2 N–H and O–H groups in total. The Bertz CT molecular complexity index is 412. The number of ether oxygens (including phenoxy) is 1. The Kier molecular flexibility index (Phi) is 2.89. The summed E-state index contributed by atoms with van der Waals surface area (Å²) >= 11 is 0. The fraction of sp³-hybridized carbons (Fsp3) is 0.300. The number of hydrogen-bond donors (Lipinski definition) is 2. The molecule has 0 aromatic heterocycles. The predicted octanol–water partition coefficient (Wildman–Crippen LogP) is 1.49. The highest BCUT2D eigenvalue weighted by Crippen LogP contribution is 2.13. The molecular formula is C10H10F2N2O2. The topological polar surface area (TPSA) is 50.4 Å². The molecule has 0 unspecified atom stereocenters. The van der Waals surface area contributed by atoms with Crippen LogP contribution in [0.5, 0.6) is 0 Å². The lowest BCUT2D eigenvalue weighted by molar-refractivity contribution is 0.177. The molecule has 1 aromatic carbocycles. The summed E-state index contributed by atoms with van der Waals surface area (Å²) in [6.07, 6.45) is -0.461. The van der Waals surface area contributed by atoms with Crippen molar-refractivity contribution in [1.82, 2.24) is 5.32 Å². The molecule has 0 aliphatic carbocycles. The minimum atomic E-state index is -0.906. The van der Waals surface area contributed by atoms with Crippen LogP contribution in [0.15, 0.2) is 18.2 Å². The third-order valence-electron chi connectivity index (χ3n) is 2.21. The number of carbonyl (C=O) groups excluding carboxylic acids is 1. The van der Waals surface area contributed by atoms with Gasteiger partial charge in [-0.25, -0.2) is 13.6 Å². The summed E-state index contributed by atoms with van der Waals surface area (Å²) in [6, 6.07) is 3.38. The average molecular weight is 228 g/mol. The van der Waals surface area contributed by atoms with E-state index in [1.54, 1.807) is 0 Å². The van der Waals surface area contributed by atoms with Crippen LogP contribution >= 0.6 is 0 Å². The van der Waals surface area contributed by atoms with Crippen LogP contribution in [0, 0.1) is 11.6 Å². The van der Waals surface area contributed by atoms with Gasteiger partial charge in [-0.3, -0.25) is 0 Å². The van der Waals surface area contributed by atoms with E-state index in [0.717, 1.165) is 12.1 Å². The highest BCUT2D eigenvalue weighted by Gasteiger charge is 2.21. The zero-order chi connectivity index (χ0) is 11.5. The summed E-state index contributed by atoms with van der Waals surface area (Å²) in [5, 5.41) is 5.43. The molecule has 1 aromatic rings. The summed E-state index contributed by atoms with van der Waals surface area (Å²) in [5.74, 6) is -1.79. The average Bonchev–Trinajstić information content (AvgIpc) is 2.66. The molecular weight excluding hydrogens is 218 g/mol. The third kappa shape index (κ3) is 2.39. The van der Waals surface area contributed by atoms with Crippen molar-refractivity contribution in [2.24, 2.45) is 0 Å². The molecule has 1 aliphatic rings. The molecule has 0 bridgehead atoms. The van der Waals surface area contributed by atoms with Crippen molar-refractivity contribution in [1.29, 1.82) is 0 Å². The van der Waals surface area contributed by atoms with E-state index in [4.69, 9.17) is 0 Å². The maximum atomic E-state index is 12.8. The van der Waals surface area contributed by atoms with Gasteiger partial charge in [-0.05, 0) is 18.2 Å². The number of carbonyl (C=O) groups is 1. The van der Waals surface area contributed by atoms with Gasteiger partial charge in [0, 0.05) is 12.2 Å². The summed E-state index contributed by atoms with van der Waals surface area (Å²) < 4.78 is 30.1. The number of rotatable bonds is 3. The number of alkyl carbamates (subject to hydrolysis) is 1. The first-order valence-corrected chi connectivity index (χ1v) is 4.77. The first-order valence-electron chi connectivity index (χ1n) is 4.77. The molecule has 0 radical (unpaired) electrons. The van der Waals surface area contributed by atoms with Crippen LogP contribution in [-0.4, -0.2) is 25.3 Å². The van der Waals surface area contributed by atoms with Crippen LogP contribution in [0.25, 0.3) is 0 Å². The monoisotopic (exact) mass is 228 g/mol. The molecule has 4 nitrogen and oxygen atoms in total. The number of cyclic esters (lactones) is 1. The van der Waals surface area contributed by atoms with E-state index in [0.29, 0.717) is 12.2 Å². The van der Waals surface area contributed by atoms with E-state index in [-0.39, 0.29) is 12.6 Å². The summed E-state index contributed by atoms with van der Waals surface area (Å²) in [5.41, 5.74) is 0.458. The summed E-state index contributed by atoms with van der Waals surface area (Å²) in [6.45, 7) is 0.673. The van der Waals surface area contributed by atoms with Crippen molar-refractivity contribution in [3.63, 3.8) is 0 Å². The number of halogens is 2. The lowest BCUT2D eigenvalue weighted by Gasteiger charge is -2.10. The largest absolute Gasteiger partial charge is 0.447 e. The van der Waals surface area contributed by atoms with Crippen LogP contribution in [0.2, 0.25) is 0 Å². The van der Waals surface area contributed by atoms with Crippen molar-refractivity contribution in [2.45, 2.75) is 6.04 Å². The van der Waals surface area contributed by atoms with Crippen molar-refractivity contribution in [2.75, 3.05) is 18.5 Å². The molecule has 1 amide bonds. The standard InChI is InChI=1S/C10H10F2N2O2/c11-8-2-1-6(3-9(8)12)13-4-7-5-16-10(15)14-7/h1-3,7,13H,4-5H2,(H,14,15)/t7-/m1/s1. The highest BCUT2D eigenvalue weighted by atomic mass is 19.2. The molecule has 1 heterocycles. The normalized spacial score (nSPS) is 19.1. The Morgan fingerprint density at radius 3 is 2.88 bits per heavy atom. The van der Waals surface area contributed by atoms with Gasteiger partial charge in [0.25, 0.3) is 0 Å². The van der Waals surface area contributed by atoms with Gasteiger partial charge in [0.2, 0.25) is 0 Å². The van der Waals surface area contributed by atoms with Gasteiger partial charge in [0.15, 0.2) is 11.6 Å². The van der Waals surface area contributed by atoms with Crippen LogP contribution in [0.1, 0.15) is 0 Å². The fourth-order valence-electron chi connectivity index (χ4n) is 1.38. The highest BCUT2D eigenvalue weighted by molar-refractivity contribution is 5.69. The van der Waals surface area contributed by atoms with Crippen LogP contribution < -0.4 is 10.6 Å². The van der Waals surface area contributed by atoms with Crippen molar-refractivity contribution < 1.29 is 18.3 Å². The summed E-state index contributed by atoms with van der Waals surface area (Å²) in [4.78, 5) is 10.7. The van der Waals surface area contributed by atoms with Gasteiger partial charge in [0.05, 0.1) is 6.04 Å². The van der Waals surface area contributed by atoms with Gasteiger partial charge in [-0.1, -0.05) is 0 Å². The molecule has 1 atom stereocenters. The Hall–Kier alpha value is -1.85. The van der Waals surface area contributed by atoms with Gasteiger partial charge < -0.3 is 15.4 Å². The van der Waals surface area contributed by atoms with Crippen LogP contribution in [-0.2, 0) is 4.74 Å². The molecule has 1 saturated heterocycles. The summed E-state index contributed by atoms with van der Waals surface area (Å²) in [7, 11) is 0. The Morgan fingerprint density at radius 2 is 2.25 bits per heavy atom. The van der Waals surface area contributed by atoms with E-state index < -0.39 is 17.7 Å². The zero-order valence-electron chi connectivity index (χ0n) is 8.30. The zero-order valence-corrected chi connectivity index (χ0v) is 8.30. The number of nitrogens with one attached hydrogen (secondary N) is 2. The maximum absolute atomic E-state index is 12.8. The van der Waals surface area contributed by atoms with E-state index >= 15 is 0 Å². The molecule has 6 heteroatoms. The molecule has 0 saturated carbocycles. The lowest BCUT2D eigenvalue weighted by Crippen LogP contribution is -2.33. The van der Waals surface area contributed by atoms with Crippen molar-refractivity contribution in [3.8, 4) is 0 Å². The smallest absolute Gasteiger partial charge is 0.407 e. The van der Waals surface area contributed by atoms with Gasteiger partial charge in [-0.2, -0.15) is 0 Å². The van der Waals surface area contributed by atoms with E-state index in [1.165, 1.54) is 6.07 Å². The van der Waals surface area contributed by atoms with E-state index in [1.807, 2.05) is 0 Å². The van der Waals surface area contributed by atoms with Crippen molar-refractivity contribution in [3.05, 3.63) is 29.8 Å². The van der Waals surface area contributed by atoms with Crippen LogP contribution in [0.4, 0.5) is 19.3 Å². The second-order valence-electron chi connectivity index (χ2n) is 3.45. The SMILES string of the molecule is O=C1N[C@H](CNc2ccc(F)c(F)c2)CO1. The second kappa shape index (κ2) is 4.34. The van der Waals surface area contributed by atoms with Crippen molar-refractivity contribution >= 4 is 11.8 Å². The number of benzene rings is 1. The van der Waals surface area contributed by atoms with Gasteiger partial charge in [-0.15, -0.1) is 0 Å². The van der Waals surface area contributed by atoms with Gasteiger partial charge >= 0.3 is 6.09 Å². The number of amides is 1. The fourth-order valence-corrected chi connectivity index (χ4v) is 1.38. The minimum Gasteiger partial charge on any atom is -0.447 e. The first kappa shape index (κ1) is 10.7. The second-order valence-corrected chi connectivity index (χ2v) is 3.45. The molecule has 1 fully saturated rings. The van der Waals surface area contributed by atoms with Gasteiger partial charge in [0.1, 0.15) is 6.61 Å². The maximum Gasteiger partial charge on any atom is 0.407 e. The molecule has 16 heavy (non-hydrogen) atoms. The Labute approximate surface area is 90.6 Å². The predicted molar refractivity (Wildman–Crippen MR) is 53.1 cm³/mol. The quantitative estimate of drug-likeness (QED) is 0.824. The van der Waals surface area contributed by atoms with Crippen LogP contribution in [0.3, 0.4) is 0 Å². The minimum absolute atomic E-state index is 0.152. The number of anilines is 1. The Balaban J connectivity index is 1.89. The lowest BCUT2D eigenvalue weighted by atomic mass is 10.2.